The molecular weight excluding hydrogens is 314 g/mol. The highest BCUT2D eigenvalue weighted by molar-refractivity contribution is 5.79. The topological polar surface area (TPSA) is 62.1 Å². The zero-order chi connectivity index (χ0) is 18.2. The number of hydrogen-bond acceptors (Lipinski definition) is 4. The van der Waals surface area contributed by atoms with Crippen molar-refractivity contribution >= 4 is 5.90 Å². The number of aliphatic hydroxyl groups excluding tert-OH is 1. The Bertz CT molecular complexity index is 366. The fourth-order valence-corrected chi connectivity index (χ4v) is 3.11. The van der Waals surface area contributed by atoms with Crippen LogP contribution in [0.25, 0.3) is 0 Å². The van der Waals surface area contributed by atoms with E-state index in [1.54, 1.807) is 0 Å². The molecule has 2 N–H and O–H groups in total. The van der Waals surface area contributed by atoms with Crippen molar-refractivity contribution in [3.63, 3.8) is 0 Å². The summed E-state index contributed by atoms with van der Waals surface area (Å²) in [5, 5.41) is 18.0. The highest BCUT2D eigenvalue weighted by Gasteiger charge is 2.23. The summed E-state index contributed by atoms with van der Waals surface area (Å²) in [4.78, 5) is 4.13. The summed E-state index contributed by atoms with van der Waals surface area (Å²) >= 11 is 0. The van der Waals surface area contributed by atoms with E-state index < -0.39 is 12.3 Å². The maximum atomic E-state index is 9.02. The number of rotatable bonds is 16. The molecule has 0 bridgehead atoms. The van der Waals surface area contributed by atoms with Crippen molar-refractivity contribution in [1.29, 1.82) is 0 Å². The molecule has 0 aromatic heterocycles. The standard InChI is InChI=1S/C21H39NO3/c1-2-3-4-5-6-7-8-9-10-11-12-13-14-15-16-17-20-22-19(18-25-20)21(23)24/h15-16,19,21,23-24H,2-14,17-18H2,1H3/b16-15+. The third-order valence-electron chi connectivity index (χ3n) is 4.76. The highest BCUT2D eigenvalue weighted by atomic mass is 16.5. The molecule has 1 rings (SSSR count). The minimum Gasteiger partial charge on any atom is -0.478 e. The third kappa shape index (κ3) is 12.2. The molecule has 0 aromatic carbocycles. The van der Waals surface area contributed by atoms with Gasteiger partial charge in [-0.3, -0.25) is 0 Å². The molecule has 1 heterocycles. The van der Waals surface area contributed by atoms with Crippen molar-refractivity contribution in [3.8, 4) is 0 Å². The van der Waals surface area contributed by atoms with Crippen LogP contribution in [0.1, 0.15) is 96.8 Å². The number of hydrogen-bond donors (Lipinski definition) is 2. The summed E-state index contributed by atoms with van der Waals surface area (Å²) < 4.78 is 5.32. The van der Waals surface area contributed by atoms with Gasteiger partial charge in [-0.1, -0.05) is 89.7 Å². The van der Waals surface area contributed by atoms with Crippen LogP contribution in [-0.4, -0.2) is 35.0 Å². The van der Waals surface area contributed by atoms with E-state index in [0.29, 0.717) is 12.3 Å². The molecule has 0 saturated heterocycles. The first-order valence-corrected chi connectivity index (χ1v) is 10.4. The van der Waals surface area contributed by atoms with Gasteiger partial charge in [0.2, 0.25) is 0 Å². The Morgan fingerprint density at radius 3 is 2.00 bits per heavy atom. The van der Waals surface area contributed by atoms with E-state index in [1.807, 2.05) is 0 Å². The number of ether oxygens (including phenoxy) is 1. The normalized spacial score (nSPS) is 17.4. The third-order valence-corrected chi connectivity index (χ3v) is 4.76. The number of unbranched alkanes of at least 4 members (excludes halogenated alkanes) is 12. The van der Waals surface area contributed by atoms with E-state index in [9.17, 15) is 0 Å². The second kappa shape index (κ2) is 15.4. The molecule has 1 unspecified atom stereocenters. The molecule has 4 heteroatoms. The summed E-state index contributed by atoms with van der Waals surface area (Å²) in [6.07, 6.45) is 21.2. The zero-order valence-electron chi connectivity index (χ0n) is 16.2. The Hall–Kier alpha value is -0.870. The van der Waals surface area contributed by atoms with Crippen molar-refractivity contribution in [2.24, 2.45) is 4.99 Å². The van der Waals surface area contributed by atoms with E-state index in [-0.39, 0.29) is 6.61 Å². The lowest BCUT2D eigenvalue weighted by Crippen LogP contribution is -2.24. The first kappa shape index (κ1) is 22.2. The van der Waals surface area contributed by atoms with Crippen LogP contribution in [0.2, 0.25) is 0 Å². The molecule has 146 valence electrons. The second-order valence-electron chi connectivity index (χ2n) is 7.17. The van der Waals surface area contributed by atoms with Gasteiger partial charge in [-0.2, -0.15) is 0 Å². The Kier molecular flexibility index (Phi) is 13.6. The molecular formula is C21H39NO3. The molecule has 1 aliphatic heterocycles. The predicted octanol–water partition coefficient (Wildman–Crippen LogP) is 5.13. The average Bonchev–Trinajstić information content (AvgIpc) is 3.07. The van der Waals surface area contributed by atoms with Gasteiger partial charge in [0.25, 0.3) is 0 Å². The van der Waals surface area contributed by atoms with Crippen LogP contribution >= 0.6 is 0 Å². The number of aliphatic hydroxyl groups is 2. The molecule has 0 aliphatic carbocycles. The molecule has 0 fully saturated rings. The Labute approximate surface area is 154 Å². The molecule has 0 radical (unpaired) electrons. The summed E-state index contributed by atoms with van der Waals surface area (Å²) in [5.41, 5.74) is 0. The van der Waals surface area contributed by atoms with Crippen molar-refractivity contribution in [1.82, 2.24) is 0 Å². The summed E-state index contributed by atoms with van der Waals surface area (Å²) in [6.45, 7) is 2.55. The van der Waals surface area contributed by atoms with E-state index in [2.05, 4.69) is 24.1 Å². The van der Waals surface area contributed by atoms with Crippen LogP contribution in [-0.2, 0) is 4.74 Å². The van der Waals surface area contributed by atoms with E-state index >= 15 is 0 Å². The maximum absolute atomic E-state index is 9.02. The Balaban J connectivity index is 1.82. The monoisotopic (exact) mass is 353 g/mol. The van der Waals surface area contributed by atoms with E-state index in [4.69, 9.17) is 14.9 Å². The van der Waals surface area contributed by atoms with Crippen molar-refractivity contribution in [2.75, 3.05) is 6.61 Å². The molecule has 0 aromatic rings. The summed E-state index contributed by atoms with van der Waals surface area (Å²) in [6, 6.07) is -0.514. The van der Waals surface area contributed by atoms with Crippen LogP contribution in [0.15, 0.2) is 17.1 Å². The van der Waals surface area contributed by atoms with Gasteiger partial charge in [-0.15, -0.1) is 0 Å². The molecule has 0 amide bonds. The van der Waals surface area contributed by atoms with Gasteiger partial charge in [-0.05, 0) is 12.8 Å². The maximum Gasteiger partial charge on any atom is 0.187 e. The van der Waals surface area contributed by atoms with Gasteiger partial charge in [0.15, 0.2) is 12.2 Å². The van der Waals surface area contributed by atoms with Crippen molar-refractivity contribution in [2.45, 2.75) is 109 Å². The van der Waals surface area contributed by atoms with Gasteiger partial charge >= 0.3 is 0 Å². The molecule has 0 saturated carbocycles. The fraction of sp³-hybridized carbons (Fsp3) is 0.857. The zero-order valence-corrected chi connectivity index (χ0v) is 16.2. The van der Waals surface area contributed by atoms with Crippen molar-refractivity contribution in [3.05, 3.63) is 12.2 Å². The van der Waals surface area contributed by atoms with Gasteiger partial charge in [0.1, 0.15) is 12.6 Å². The van der Waals surface area contributed by atoms with E-state index in [1.165, 1.54) is 77.0 Å². The number of allylic oxidation sites excluding steroid dienone is 1. The average molecular weight is 354 g/mol. The molecule has 1 aliphatic rings. The number of nitrogens with zero attached hydrogens (tertiary/aromatic N) is 1. The summed E-state index contributed by atoms with van der Waals surface area (Å²) in [5.74, 6) is 0.615. The SMILES string of the molecule is CCCCCCCCCCCCCC/C=C/CC1=NC(C(O)O)CO1. The lowest BCUT2D eigenvalue weighted by molar-refractivity contribution is -0.0609. The van der Waals surface area contributed by atoms with Crippen LogP contribution in [0.3, 0.4) is 0 Å². The number of aliphatic imine (C=N–C) groups is 1. The van der Waals surface area contributed by atoms with Gasteiger partial charge < -0.3 is 14.9 Å². The van der Waals surface area contributed by atoms with Gasteiger partial charge in [0, 0.05) is 6.42 Å². The molecule has 4 nitrogen and oxygen atoms in total. The van der Waals surface area contributed by atoms with Gasteiger partial charge in [0.05, 0.1) is 0 Å². The molecule has 0 spiro atoms. The lowest BCUT2D eigenvalue weighted by Gasteiger charge is -2.04. The van der Waals surface area contributed by atoms with Crippen molar-refractivity contribution < 1.29 is 14.9 Å². The second-order valence-corrected chi connectivity index (χ2v) is 7.17. The first-order chi connectivity index (χ1) is 12.2. The molecule has 25 heavy (non-hydrogen) atoms. The fourth-order valence-electron chi connectivity index (χ4n) is 3.11. The Morgan fingerprint density at radius 1 is 0.920 bits per heavy atom. The highest BCUT2D eigenvalue weighted by Crippen LogP contribution is 2.13. The lowest BCUT2D eigenvalue weighted by atomic mass is 10.0. The molecule has 1 atom stereocenters. The minimum absolute atomic E-state index is 0.277. The smallest absolute Gasteiger partial charge is 0.187 e. The quantitative estimate of drug-likeness (QED) is 0.230. The predicted molar refractivity (Wildman–Crippen MR) is 105 cm³/mol. The van der Waals surface area contributed by atoms with Crippen LogP contribution in [0.5, 0.6) is 0 Å². The summed E-state index contributed by atoms with van der Waals surface area (Å²) in [7, 11) is 0. The van der Waals surface area contributed by atoms with Gasteiger partial charge in [-0.25, -0.2) is 4.99 Å². The van der Waals surface area contributed by atoms with Crippen LogP contribution in [0, 0.1) is 0 Å². The minimum atomic E-state index is -1.41. The Morgan fingerprint density at radius 2 is 1.48 bits per heavy atom. The first-order valence-electron chi connectivity index (χ1n) is 10.4. The largest absolute Gasteiger partial charge is 0.478 e. The van der Waals surface area contributed by atoms with Crippen LogP contribution < -0.4 is 0 Å². The van der Waals surface area contributed by atoms with E-state index in [0.717, 1.165) is 6.42 Å². The van der Waals surface area contributed by atoms with Crippen LogP contribution in [0.4, 0.5) is 0 Å².